The van der Waals surface area contributed by atoms with Crippen molar-refractivity contribution in [3.05, 3.63) is 28.8 Å². The van der Waals surface area contributed by atoms with Gasteiger partial charge in [0.2, 0.25) is 5.91 Å². The van der Waals surface area contributed by atoms with Crippen molar-refractivity contribution in [1.29, 1.82) is 0 Å². The third kappa shape index (κ3) is 5.45. The highest BCUT2D eigenvalue weighted by Crippen LogP contribution is 2.20. The van der Waals surface area contributed by atoms with Crippen molar-refractivity contribution in [3.8, 4) is 0 Å². The molecule has 0 aliphatic rings. The van der Waals surface area contributed by atoms with Gasteiger partial charge in [-0.05, 0) is 18.2 Å². The molecule has 1 rings (SSSR count). The first-order valence-corrected chi connectivity index (χ1v) is 5.67. The number of anilines is 1. The van der Waals surface area contributed by atoms with E-state index in [0.29, 0.717) is 0 Å². The average Bonchev–Trinajstić information content (AvgIpc) is 2.29. The van der Waals surface area contributed by atoms with Gasteiger partial charge in [0.15, 0.2) is 0 Å². The second-order valence-electron chi connectivity index (χ2n) is 3.76. The van der Waals surface area contributed by atoms with Gasteiger partial charge in [-0.25, -0.2) is 4.79 Å². The maximum Gasteiger partial charge on any atom is 0.401 e. The maximum absolute atomic E-state index is 11.9. The molecule has 20 heavy (non-hydrogen) atoms. The summed E-state index contributed by atoms with van der Waals surface area (Å²) >= 11 is 5.62. The van der Waals surface area contributed by atoms with Crippen molar-refractivity contribution in [3.63, 3.8) is 0 Å². The van der Waals surface area contributed by atoms with Crippen LogP contribution in [0.25, 0.3) is 0 Å². The van der Waals surface area contributed by atoms with Crippen molar-refractivity contribution < 1.29 is 27.9 Å². The molecule has 1 aromatic carbocycles. The summed E-state index contributed by atoms with van der Waals surface area (Å²) in [5, 5.41) is 13.2. The molecule has 0 heterocycles. The van der Waals surface area contributed by atoms with Crippen molar-refractivity contribution >= 4 is 29.2 Å². The minimum atomic E-state index is -4.42. The number of carbonyl (C=O) groups is 2. The molecule has 1 amide bonds. The molecule has 1 aromatic rings. The lowest BCUT2D eigenvalue weighted by atomic mass is 10.2. The van der Waals surface area contributed by atoms with Crippen molar-refractivity contribution in [1.82, 2.24) is 5.32 Å². The van der Waals surface area contributed by atoms with Crippen LogP contribution in [-0.2, 0) is 4.79 Å². The van der Waals surface area contributed by atoms with Crippen LogP contribution in [0, 0.1) is 0 Å². The van der Waals surface area contributed by atoms with E-state index in [-0.39, 0.29) is 16.3 Å². The average molecular weight is 311 g/mol. The standard InChI is InChI=1S/C11H10ClF3N2O3/c12-6-1-2-8(7(3-6)10(19)20)17-9(18)4-16-5-11(13,14)15/h1-3,16H,4-5H2,(H,17,18)(H,19,20). The Morgan fingerprint density at radius 3 is 2.50 bits per heavy atom. The van der Waals surface area contributed by atoms with Gasteiger partial charge in [-0.3, -0.25) is 4.79 Å². The zero-order chi connectivity index (χ0) is 15.3. The molecule has 110 valence electrons. The Labute approximate surface area is 116 Å². The van der Waals surface area contributed by atoms with Crippen LogP contribution in [0.4, 0.5) is 18.9 Å². The fourth-order valence-electron chi connectivity index (χ4n) is 1.31. The van der Waals surface area contributed by atoms with E-state index in [1.807, 2.05) is 5.32 Å². The van der Waals surface area contributed by atoms with Gasteiger partial charge in [-0.15, -0.1) is 0 Å². The number of aromatic carboxylic acids is 1. The maximum atomic E-state index is 11.9. The summed E-state index contributed by atoms with van der Waals surface area (Å²) in [6.07, 6.45) is -4.42. The van der Waals surface area contributed by atoms with Gasteiger partial charge in [-0.2, -0.15) is 13.2 Å². The van der Waals surface area contributed by atoms with Crippen LogP contribution in [0.1, 0.15) is 10.4 Å². The molecule has 0 aliphatic heterocycles. The molecule has 0 spiro atoms. The highest BCUT2D eigenvalue weighted by atomic mass is 35.5. The van der Waals surface area contributed by atoms with Crippen LogP contribution in [0.3, 0.4) is 0 Å². The predicted octanol–water partition coefficient (Wildman–Crippen LogP) is 2.13. The normalized spacial score (nSPS) is 11.2. The van der Waals surface area contributed by atoms with E-state index in [0.717, 1.165) is 6.07 Å². The van der Waals surface area contributed by atoms with Crippen LogP contribution < -0.4 is 10.6 Å². The second kappa shape index (κ2) is 6.58. The summed E-state index contributed by atoms with van der Waals surface area (Å²) in [7, 11) is 0. The Morgan fingerprint density at radius 2 is 1.95 bits per heavy atom. The molecule has 0 aromatic heterocycles. The van der Waals surface area contributed by atoms with Crippen LogP contribution in [0.15, 0.2) is 18.2 Å². The molecule has 9 heteroatoms. The van der Waals surface area contributed by atoms with Crippen molar-refractivity contribution in [2.75, 3.05) is 18.4 Å². The summed E-state index contributed by atoms with van der Waals surface area (Å²) < 4.78 is 35.6. The quantitative estimate of drug-likeness (QED) is 0.778. The van der Waals surface area contributed by atoms with E-state index in [4.69, 9.17) is 16.7 Å². The molecule has 0 atom stereocenters. The zero-order valence-corrected chi connectivity index (χ0v) is 10.7. The van der Waals surface area contributed by atoms with Gasteiger partial charge in [0, 0.05) is 5.02 Å². The number of halogens is 4. The van der Waals surface area contributed by atoms with Crippen molar-refractivity contribution in [2.24, 2.45) is 0 Å². The minimum absolute atomic E-state index is 0.0410. The largest absolute Gasteiger partial charge is 0.478 e. The molecule has 0 fully saturated rings. The van der Waals surface area contributed by atoms with Crippen LogP contribution in [0.2, 0.25) is 5.02 Å². The van der Waals surface area contributed by atoms with Gasteiger partial charge in [0.05, 0.1) is 24.3 Å². The molecular formula is C11H10ClF3N2O3. The molecule has 0 saturated carbocycles. The number of carbonyl (C=O) groups excluding carboxylic acids is 1. The molecule has 0 saturated heterocycles. The van der Waals surface area contributed by atoms with Crippen LogP contribution in [-0.4, -0.2) is 36.2 Å². The SMILES string of the molecule is O=C(CNCC(F)(F)F)Nc1ccc(Cl)cc1C(=O)O. The molecule has 3 N–H and O–H groups in total. The molecule has 0 radical (unpaired) electrons. The van der Waals surface area contributed by atoms with Crippen molar-refractivity contribution in [2.45, 2.75) is 6.18 Å². The molecule has 0 aliphatic carbocycles. The Morgan fingerprint density at radius 1 is 1.30 bits per heavy atom. The lowest BCUT2D eigenvalue weighted by Crippen LogP contribution is -2.35. The highest BCUT2D eigenvalue weighted by Gasteiger charge is 2.26. The first-order chi connectivity index (χ1) is 9.19. The Hall–Kier alpha value is -1.80. The number of amides is 1. The number of hydrogen-bond acceptors (Lipinski definition) is 3. The number of alkyl halides is 3. The van der Waals surface area contributed by atoms with Gasteiger partial charge < -0.3 is 15.7 Å². The summed E-state index contributed by atoms with van der Waals surface area (Å²) in [6, 6.07) is 3.74. The van der Waals surface area contributed by atoms with E-state index in [1.165, 1.54) is 12.1 Å². The van der Waals surface area contributed by atoms with Crippen LogP contribution in [0.5, 0.6) is 0 Å². The number of hydrogen-bond donors (Lipinski definition) is 3. The minimum Gasteiger partial charge on any atom is -0.478 e. The summed E-state index contributed by atoms with van der Waals surface area (Å²) in [5.41, 5.74) is -0.289. The molecule has 0 unspecified atom stereocenters. The Balaban J connectivity index is 2.64. The second-order valence-corrected chi connectivity index (χ2v) is 4.20. The number of carboxylic acids is 1. The van der Waals surface area contributed by atoms with Crippen LogP contribution >= 0.6 is 11.6 Å². The van der Waals surface area contributed by atoms with Gasteiger partial charge in [-0.1, -0.05) is 11.6 Å². The van der Waals surface area contributed by atoms with E-state index in [2.05, 4.69) is 5.32 Å². The fourth-order valence-corrected chi connectivity index (χ4v) is 1.49. The third-order valence-electron chi connectivity index (χ3n) is 2.10. The van der Waals surface area contributed by atoms with E-state index in [1.54, 1.807) is 0 Å². The summed E-state index contributed by atoms with van der Waals surface area (Å²) in [5.74, 6) is -2.11. The summed E-state index contributed by atoms with van der Waals surface area (Å²) in [6.45, 7) is -1.91. The number of nitrogens with one attached hydrogen (secondary N) is 2. The lowest BCUT2D eigenvalue weighted by Gasteiger charge is -2.10. The van der Waals surface area contributed by atoms with E-state index in [9.17, 15) is 22.8 Å². The first-order valence-electron chi connectivity index (χ1n) is 5.29. The zero-order valence-electron chi connectivity index (χ0n) is 9.92. The van der Waals surface area contributed by atoms with Gasteiger partial charge >= 0.3 is 12.1 Å². The third-order valence-corrected chi connectivity index (χ3v) is 2.33. The summed E-state index contributed by atoms with van der Waals surface area (Å²) in [4.78, 5) is 22.3. The molecule has 5 nitrogen and oxygen atoms in total. The lowest BCUT2D eigenvalue weighted by molar-refractivity contribution is -0.126. The predicted molar refractivity (Wildman–Crippen MR) is 66.0 cm³/mol. The first kappa shape index (κ1) is 16.3. The Bertz CT molecular complexity index is 520. The van der Waals surface area contributed by atoms with Gasteiger partial charge in [0.25, 0.3) is 0 Å². The number of benzene rings is 1. The number of rotatable bonds is 5. The number of carboxylic acid groups (broad SMARTS) is 1. The fraction of sp³-hybridized carbons (Fsp3) is 0.273. The topological polar surface area (TPSA) is 78.4 Å². The molecule has 0 bridgehead atoms. The van der Waals surface area contributed by atoms with E-state index < -0.39 is 31.1 Å². The monoisotopic (exact) mass is 310 g/mol. The van der Waals surface area contributed by atoms with E-state index >= 15 is 0 Å². The molecular weight excluding hydrogens is 301 g/mol. The Kier molecular flexibility index (Phi) is 5.34. The highest BCUT2D eigenvalue weighted by molar-refractivity contribution is 6.31. The smallest absolute Gasteiger partial charge is 0.401 e. The van der Waals surface area contributed by atoms with Gasteiger partial charge in [0.1, 0.15) is 0 Å².